The third-order valence-electron chi connectivity index (χ3n) is 5.82. The summed E-state index contributed by atoms with van der Waals surface area (Å²) in [5, 5.41) is 3.49. The van der Waals surface area contributed by atoms with Crippen LogP contribution >= 0.6 is 0 Å². The van der Waals surface area contributed by atoms with Crippen molar-refractivity contribution in [3.8, 4) is 17.2 Å². The van der Waals surface area contributed by atoms with Gasteiger partial charge in [0, 0.05) is 26.7 Å². The first-order valence-corrected chi connectivity index (χ1v) is 10.4. The van der Waals surface area contributed by atoms with Gasteiger partial charge in [-0.05, 0) is 41.5 Å². The van der Waals surface area contributed by atoms with Crippen LogP contribution in [0.1, 0.15) is 30.4 Å². The van der Waals surface area contributed by atoms with Crippen molar-refractivity contribution >= 4 is 5.96 Å². The molecule has 6 nitrogen and oxygen atoms in total. The number of ether oxygens (including phenoxy) is 3. The van der Waals surface area contributed by atoms with Crippen molar-refractivity contribution in [1.82, 2.24) is 10.2 Å². The van der Waals surface area contributed by atoms with Gasteiger partial charge in [-0.15, -0.1) is 0 Å². The molecule has 1 heterocycles. The minimum absolute atomic E-state index is 0.556. The second kappa shape index (κ2) is 10.2. The number of methoxy groups -OCH3 is 3. The molecule has 0 aromatic heterocycles. The molecule has 1 N–H and O–H groups in total. The van der Waals surface area contributed by atoms with Gasteiger partial charge < -0.3 is 24.4 Å². The third-order valence-corrected chi connectivity index (χ3v) is 5.82. The van der Waals surface area contributed by atoms with Crippen molar-refractivity contribution in [1.29, 1.82) is 0 Å². The second-order valence-electron chi connectivity index (χ2n) is 7.66. The summed E-state index contributed by atoms with van der Waals surface area (Å²) in [7, 11) is 6.71. The Kier molecular flexibility index (Phi) is 7.44. The van der Waals surface area contributed by atoms with Gasteiger partial charge >= 0.3 is 0 Å². The maximum Gasteiger partial charge on any atom is 0.203 e. The van der Waals surface area contributed by atoms with Gasteiger partial charge in [0.05, 0.1) is 21.3 Å². The molecule has 0 spiro atoms. The summed E-state index contributed by atoms with van der Waals surface area (Å²) < 4.78 is 16.3. The van der Waals surface area contributed by atoms with E-state index in [-0.39, 0.29) is 0 Å². The fourth-order valence-corrected chi connectivity index (χ4v) is 4.28. The summed E-state index contributed by atoms with van der Waals surface area (Å²) in [5.74, 6) is 3.98. The lowest BCUT2D eigenvalue weighted by atomic mass is 9.82. The minimum Gasteiger partial charge on any atom is -0.493 e. The molecule has 1 aliphatic heterocycles. The van der Waals surface area contributed by atoms with Crippen LogP contribution in [0.25, 0.3) is 0 Å². The van der Waals surface area contributed by atoms with Crippen LogP contribution < -0.4 is 19.5 Å². The van der Waals surface area contributed by atoms with E-state index in [1.54, 1.807) is 21.3 Å². The lowest BCUT2D eigenvalue weighted by Gasteiger charge is -2.39. The zero-order chi connectivity index (χ0) is 21.5. The van der Waals surface area contributed by atoms with E-state index in [4.69, 9.17) is 14.2 Å². The summed E-state index contributed by atoms with van der Waals surface area (Å²) in [4.78, 5) is 6.87. The number of hydrogen-bond donors (Lipinski definition) is 1. The minimum atomic E-state index is 0.556. The van der Waals surface area contributed by atoms with E-state index >= 15 is 0 Å². The molecular formula is C24H33N3O3. The predicted octanol–water partition coefficient (Wildman–Crippen LogP) is 3.91. The molecule has 0 radical (unpaired) electrons. The van der Waals surface area contributed by atoms with E-state index in [0.717, 1.165) is 31.0 Å². The van der Waals surface area contributed by atoms with Gasteiger partial charge in [0.2, 0.25) is 5.75 Å². The standard InChI is InChI=1S/C24H33N3O3/c1-17-16-27(12-11-20(17)19-9-7-6-8-10-19)24(25-2)26-15-18-13-21(28-3)23(30-5)22(14-18)29-4/h6-10,13-14,17,20H,11-12,15-16H2,1-5H3,(H,25,26). The number of piperidine rings is 1. The molecule has 1 saturated heterocycles. The van der Waals surface area contributed by atoms with E-state index in [2.05, 4.69) is 52.5 Å². The topological polar surface area (TPSA) is 55.3 Å². The number of nitrogens with zero attached hydrogens (tertiary/aromatic N) is 2. The van der Waals surface area contributed by atoms with Gasteiger partial charge in [-0.3, -0.25) is 4.99 Å². The maximum atomic E-state index is 5.46. The zero-order valence-corrected chi connectivity index (χ0v) is 18.6. The first-order chi connectivity index (χ1) is 14.6. The Bertz CT molecular complexity index is 829. The highest BCUT2D eigenvalue weighted by Crippen LogP contribution is 2.38. The summed E-state index contributed by atoms with van der Waals surface area (Å²) in [5.41, 5.74) is 2.47. The molecule has 2 aromatic rings. The van der Waals surface area contributed by atoms with Crippen LogP contribution in [0.15, 0.2) is 47.5 Å². The Labute approximate surface area is 179 Å². The number of likely N-dealkylation sites (tertiary alicyclic amines) is 1. The van der Waals surface area contributed by atoms with Crippen molar-refractivity contribution in [3.63, 3.8) is 0 Å². The summed E-state index contributed by atoms with van der Waals surface area (Å²) in [6.45, 7) is 4.92. The van der Waals surface area contributed by atoms with Crippen LogP contribution in [0.5, 0.6) is 17.2 Å². The number of guanidine groups is 1. The fourth-order valence-electron chi connectivity index (χ4n) is 4.28. The fraction of sp³-hybridized carbons (Fsp3) is 0.458. The molecule has 0 bridgehead atoms. The maximum absolute atomic E-state index is 5.46. The monoisotopic (exact) mass is 411 g/mol. The van der Waals surface area contributed by atoms with E-state index in [1.165, 1.54) is 5.56 Å². The van der Waals surface area contributed by atoms with Gasteiger partial charge in [0.1, 0.15) is 0 Å². The largest absolute Gasteiger partial charge is 0.493 e. The number of rotatable bonds is 6. The van der Waals surface area contributed by atoms with Crippen molar-refractivity contribution in [2.45, 2.75) is 25.8 Å². The molecule has 2 atom stereocenters. The van der Waals surface area contributed by atoms with Crippen LogP contribution in [0.4, 0.5) is 0 Å². The van der Waals surface area contributed by atoms with Crippen LogP contribution in [0.2, 0.25) is 0 Å². The van der Waals surface area contributed by atoms with E-state index < -0.39 is 0 Å². The van der Waals surface area contributed by atoms with Crippen molar-refractivity contribution in [2.75, 3.05) is 41.5 Å². The number of aliphatic imine (C=N–C) groups is 1. The molecule has 2 aromatic carbocycles. The molecule has 30 heavy (non-hydrogen) atoms. The Hall–Kier alpha value is -2.89. The van der Waals surface area contributed by atoms with Gasteiger partial charge in [-0.2, -0.15) is 0 Å². The first-order valence-electron chi connectivity index (χ1n) is 10.4. The van der Waals surface area contributed by atoms with Gasteiger partial charge in [-0.1, -0.05) is 37.3 Å². The molecule has 1 fully saturated rings. The van der Waals surface area contributed by atoms with Crippen LogP contribution in [0, 0.1) is 5.92 Å². The molecule has 0 aliphatic carbocycles. The number of hydrogen-bond acceptors (Lipinski definition) is 4. The van der Waals surface area contributed by atoms with E-state index in [0.29, 0.717) is 35.6 Å². The van der Waals surface area contributed by atoms with Crippen molar-refractivity contribution in [2.24, 2.45) is 10.9 Å². The summed E-state index contributed by atoms with van der Waals surface area (Å²) in [6, 6.07) is 14.8. The SMILES string of the molecule is CN=C(NCc1cc(OC)c(OC)c(OC)c1)N1CCC(c2ccccc2)C(C)C1. The number of benzene rings is 2. The average Bonchev–Trinajstić information content (AvgIpc) is 2.79. The highest BCUT2D eigenvalue weighted by atomic mass is 16.5. The van der Waals surface area contributed by atoms with Crippen LogP contribution in [-0.2, 0) is 6.54 Å². The van der Waals surface area contributed by atoms with Crippen molar-refractivity contribution in [3.05, 3.63) is 53.6 Å². The highest BCUT2D eigenvalue weighted by Gasteiger charge is 2.28. The molecule has 1 aliphatic rings. The lowest BCUT2D eigenvalue weighted by Crippen LogP contribution is -2.47. The second-order valence-corrected chi connectivity index (χ2v) is 7.66. The highest BCUT2D eigenvalue weighted by molar-refractivity contribution is 5.80. The molecule has 0 amide bonds. The molecule has 6 heteroatoms. The Morgan fingerprint density at radius 2 is 1.73 bits per heavy atom. The van der Waals surface area contributed by atoms with E-state index in [9.17, 15) is 0 Å². The van der Waals surface area contributed by atoms with Crippen LogP contribution in [0.3, 0.4) is 0 Å². The number of nitrogens with one attached hydrogen (secondary N) is 1. The zero-order valence-electron chi connectivity index (χ0n) is 18.6. The van der Waals surface area contributed by atoms with Gasteiger partial charge in [-0.25, -0.2) is 0 Å². The smallest absolute Gasteiger partial charge is 0.203 e. The normalized spacial score (nSPS) is 19.4. The van der Waals surface area contributed by atoms with Crippen molar-refractivity contribution < 1.29 is 14.2 Å². The quantitative estimate of drug-likeness (QED) is 0.577. The lowest BCUT2D eigenvalue weighted by molar-refractivity contribution is 0.234. The molecule has 3 rings (SSSR count). The Morgan fingerprint density at radius 1 is 1.07 bits per heavy atom. The molecule has 162 valence electrons. The van der Waals surface area contributed by atoms with E-state index in [1.807, 2.05) is 19.2 Å². The summed E-state index contributed by atoms with van der Waals surface area (Å²) >= 11 is 0. The molecular weight excluding hydrogens is 378 g/mol. The average molecular weight is 412 g/mol. The molecule has 2 unspecified atom stereocenters. The summed E-state index contributed by atoms with van der Waals surface area (Å²) in [6.07, 6.45) is 1.12. The Morgan fingerprint density at radius 3 is 2.27 bits per heavy atom. The van der Waals surface area contributed by atoms with Gasteiger partial charge in [0.15, 0.2) is 17.5 Å². The first kappa shape index (κ1) is 21.8. The van der Waals surface area contributed by atoms with Gasteiger partial charge in [0.25, 0.3) is 0 Å². The Balaban J connectivity index is 1.66. The van der Waals surface area contributed by atoms with Crippen LogP contribution in [-0.4, -0.2) is 52.3 Å². The molecule has 0 saturated carbocycles. The predicted molar refractivity (Wildman–Crippen MR) is 121 cm³/mol. The third kappa shape index (κ3) is 4.81.